The van der Waals surface area contributed by atoms with Crippen molar-refractivity contribution >= 4 is 5.69 Å². The van der Waals surface area contributed by atoms with E-state index in [9.17, 15) is 0 Å². The zero-order valence-corrected chi connectivity index (χ0v) is 12.8. The van der Waals surface area contributed by atoms with Crippen molar-refractivity contribution in [3.05, 3.63) is 42.5 Å². The van der Waals surface area contributed by atoms with Crippen molar-refractivity contribution in [2.24, 2.45) is 12.8 Å². The van der Waals surface area contributed by atoms with Crippen LogP contribution in [0.15, 0.2) is 36.7 Å². The standard InChI is InChI=1S/C16H24N4O/c1-19-13-10-18-16(19)8-12-20(11-5-9-17)14-6-3-4-7-15(14)21-2/h3-4,6-7,10,13H,5,8-9,11-12,17H2,1-2H3. The first-order chi connectivity index (χ1) is 10.3. The average Bonchev–Trinajstić information content (AvgIpc) is 2.93. The lowest BCUT2D eigenvalue weighted by molar-refractivity contribution is 0.414. The van der Waals surface area contributed by atoms with Gasteiger partial charge in [0.1, 0.15) is 11.6 Å². The van der Waals surface area contributed by atoms with Crippen LogP contribution in [0.5, 0.6) is 5.75 Å². The van der Waals surface area contributed by atoms with Crippen molar-refractivity contribution in [1.29, 1.82) is 0 Å². The summed E-state index contributed by atoms with van der Waals surface area (Å²) in [5.74, 6) is 1.98. The van der Waals surface area contributed by atoms with E-state index in [0.29, 0.717) is 6.54 Å². The van der Waals surface area contributed by atoms with E-state index in [4.69, 9.17) is 10.5 Å². The summed E-state index contributed by atoms with van der Waals surface area (Å²) in [6.07, 6.45) is 5.66. The van der Waals surface area contributed by atoms with Crippen LogP contribution in [0.3, 0.4) is 0 Å². The van der Waals surface area contributed by atoms with Crippen LogP contribution in [-0.4, -0.2) is 36.3 Å². The molecule has 114 valence electrons. The highest BCUT2D eigenvalue weighted by molar-refractivity contribution is 5.58. The van der Waals surface area contributed by atoms with Crippen LogP contribution < -0.4 is 15.4 Å². The summed E-state index contributed by atoms with van der Waals surface area (Å²) in [6.45, 7) is 2.50. The summed E-state index contributed by atoms with van der Waals surface area (Å²) >= 11 is 0. The highest BCUT2D eigenvalue weighted by Crippen LogP contribution is 2.27. The molecule has 0 amide bonds. The van der Waals surface area contributed by atoms with E-state index in [-0.39, 0.29) is 0 Å². The second kappa shape index (κ2) is 7.69. The van der Waals surface area contributed by atoms with Crippen LogP contribution >= 0.6 is 0 Å². The number of aromatic nitrogens is 2. The minimum Gasteiger partial charge on any atom is -0.495 e. The number of benzene rings is 1. The Kier molecular flexibility index (Phi) is 5.63. The third kappa shape index (κ3) is 3.98. The molecule has 0 fully saturated rings. The number of nitrogens with zero attached hydrogens (tertiary/aromatic N) is 3. The smallest absolute Gasteiger partial charge is 0.142 e. The largest absolute Gasteiger partial charge is 0.495 e. The maximum absolute atomic E-state index is 5.67. The number of para-hydroxylation sites is 2. The van der Waals surface area contributed by atoms with Crippen LogP contribution in [0.1, 0.15) is 12.2 Å². The number of aryl methyl sites for hydroxylation is 1. The molecule has 0 radical (unpaired) electrons. The van der Waals surface area contributed by atoms with Crippen molar-refractivity contribution in [3.63, 3.8) is 0 Å². The van der Waals surface area contributed by atoms with Crippen molar-refractivity contribution in [3.8, 4) is 5.75 Å². The quantitative estimate of drug-likeness (QED) is 0.805. The lowest BCUT2D eigenvalue weighted by Gasteiger charge is -2.26. The SMILES string of the molecule is COc1ccccc1N(CCCN)CCc1nccn1C. The number of anilines is 1. The molecule has 0 aliphatic heterocycles. The molecule has 21 heavy (non-hydrogen) atoms. The molecule has 2 N–H and O–H groups in total. The molecular formula is C16H24N4O. The van der Waals surface area contributed by atoms with Gasteiger partial charge in [0.15, 0.2) is 0 Å². The lowest BCUT2D eigenvalue weighted by Crippen LogP contribution is -2.29. The van der Waals surface area contributed by atoms with E-state index < -0.39 is 0 Å². The molecule has 1 aromatic heterocycles. The van der Waals surface area contributed by atoms with Gasteiger partial charge in [-0.05, 0) is 25.1 Å². The van der Waals surface area contributed by atoms with Gasteiger partial charge < -0.3 is 19.9 Å². The first-order valence-corrected chi connectivity index (χ1v) is 7.30. The van der Waals surface area contributed by atoms with Gasteiger partial charge in [0.25, 0.3) is 0 Å². The number of hydrogen-bond donors (Lipinski definition) is 1. The highest BCUT2D eigenvalue weighted by Gasteiger charge is 2.12. The molecular weight excluding hydrogens is 264 g/mol. The maximum atomic E-state index is 5.67. The van der Waals surface area contributed by atoms with Gasteiger partial charge in [-0.2, -0.15) is 0 Å². The average molecular weight is 288 g/mol. The van der Waals surface area contributed by atoms with E-state index in [1.54, 1.807) is 7.11 Å². The Hall–Kier alpha value is -2.01. The van der Waals surface area contributed by atoms with Gasteiger partial charge in [0, 0.05) is 39.0 Å². The molecule has 1 heterocycles. The summed E-state index contributed by atoms with van der Waals surface area (Å²) in [5, 5.41) is 0. The Morgan fingerprint density at radius 1 is 1.29 bits per heavy atom. The van der Waals surface area contributed by atoms with Crippen LogP contribution in [0.2, 0.25) is 0 Å². The van der Waals surface area contributed by atoms with E-state index in [0.717, 1.165) is 43.2 Å². The van der Waals surface area contributed by atoms with Crippen molar-refractivity contribution in [1.82, 2.24) is 9.55 Å². The van der Waals surface area contributed by atoms with Crippen LogP contribution in [-0.2, 0) is 13.5 Å². The molecule has 1 aromatic carbocycles. The van der Waals surface area contributed by atoms with E-state index in [1.807, 2.05) is 37.6 Å². The van der Waals surface area contributed by atoms with E-state index >= 15 is 0 Å². The summed E-state index contributed by atoms with van der Waals surface area (Å²) in [7, 11) is 3.73. The van der Waals surface area contributed by atoms with Crippen LogP contribution in [0.25, 0.3) is 0 Å². The Balaban J connectivity index is 2.12. The molecule has 5 heteroatoms. The normalized spacial score (nSPS) is 10.6. The molecule has 0 atom stereocenters. The Labute approximate surface area is 126 Å². The number of imidazole rings is 1. The van der Waals surface area contributed by atoms with Gasteiger partial charge in [0.05, 0.1) is 12.8 Å². The fourth-order valence-corrected chi connectivity index (χ4v) is 2.40. The third-order valence-corrected chi connectivity index (χ3v) is 3.58. The zero-order valence-electron chi connectivity index (χ0n) is 12.8. The zero-order chi connectivity index (χ0) is 15.1. The topological polar surface area (TPSA) is 56.3 Å². The predicted octanol–water partition coefficient (Wildman–Crippen LogP) is 1.83. The second-order valence-electron chi connectivity index (χ2n) is 5.01. The summed E-state index contributed by atoms with van der Waals surface area (Å²) < 4.78 is 7.53. The van der Waals surface area contributed by atoms with Crippen molar-refractivity contribution in [2.45, 2.75) is 12.8 Å². The van der Waals surface area contributed by atoms with Gasteiger partial charge in [0.2, 0.25) is 0 Å². The first kappa shape index (κ1) is 15.4. The molecule has 2 rings (SSSR count). The van der Waals surface area contributed by atoms with Crippen LogP contribution in [0.4, 0.5) is 5.69 Å². The number of rotatable bonds is 8. The Morgan fingerprint density at radius 2 is 2.10 bits per heavy atom. The lowest BCUT2D eigenvalue weighted by atomic mass is 10.2. The van der Waals surface area contributed by atoms with E-state index in [1.165, 1.54) is 0 Å². The second-order valence-corrected chi connectivity index (χ2v) is 5.01. The minimum absolute atomic E-state index is 0.689. The fourth-order valence-electron chi connectivity index (χ4n) is 2.40. The van der Waals surface area contributed by atoms with Crippen molar-refractivity contribution < 1.29 is 4.74 Å². The molecule has 0 aliphatic rings. The van der Waals surface area contributed by atoms with E-state index in [2.05, 4.69) is 20.5 Å². The third-order valence-electron chi connectivity index (χ3n) is 3.58. The number of ether oxygens (including phenoxy) is 1. The van der Waals surface area contributed by atoms with Gasteiger partial charge in [-0.1, -0.05) is 12.1 Å². The minimum atomic E-state index is 0.689. The Bertz CT molecular complexity index is 553. The molecule has 0 saturated carbocycles. The number of hydrogen-bond acceptors (Lipinski definition) is 4. The maximum Gasteiger partial charge on any atom is 0.142 e. The Morgan fingerprint density at radius 3 is 2.76 bits per heavy atom. The van der Waals surface area contributed by atoms with Gasteiger partial charge in [-0.3, -0.25) is 0 Å². The molecule has 0 saturated heterocycles. The monoisotopic (exact) mass is 288 g/mol. The number of nitrogens with two attached hydrogens (primary N) is 1. The summed E-state index contributed by atoms with van der Waals surface area (Å²) in [4.78, 5) is 6.70. The summed E-state index contributed by atoms with van der Waals surface area (Å²) in [6, 6.07) is 8.11. The van der Waals surface area contributed by atoms with Gasteiger partial charge in [-0.25, -0.2) is 4.98 Å². The molecule has 0 spiro atoms. The summed E-state index contributed by atoms with van der Waals surface area (Å²) in [5.41, 5.74) is 6.78. The molecule has 2 aromatic rings. The van der Waals surface area contributed by atoms with Gasteiger partial charge in [-0.15, -0.1) is 0 Å². The van der Waals surface area contributed by atoms with Crippen molar-refractivity contribution in [2.75, 3.05) is 31.6 Å². The highest BCUT2D eigenvalue weighted by atomic mass is 16.5. The molecule has 0 unspecified atom stereocenters. The number of methoxy groups -OCH3 is 1. The predicted molar refractivity (Wildman–Crippen MR) is 85.8 cm³/mol. The first-order valence-electron chi connectivity index (χ1n) is 7.30. The molecule has 5 nitrogen and oxygen atoms in total. The van der Waals surface area contributed by atoms with Gasteiger partial charge >= 0.3 is 0 Å². The molecule has 0 bridgehead atoms. The molecule has 0 aliphatic carbocycles. The fraction of sp³-hybridized carbons (Fsp3) is 0.438. The van der Waals surface area contributed by atoms with Crippen LogP contribution in [0, 0.1) is 0 Å².